The van der Waals surface area contributed by atoms with Crippen LogP contribution in [0, 0.1) is 11.3 Å². The van der Waals surface area contributed by atoms with Crippen molar-refractivity contribution in [2.75, 3.05) is 19.6 Å². The second-order valence-corrected chi connectivity index (χ2v) is 8.56. The van der Waals surface area contributed by atoms with Crippen molar-refractivity contribution < 1.29 is 9.90 Å². The molecule has 1 aliphatic heterocycles. The zero-order chi connectivity index (χ0) is 18.1. The summed E-state index contributed by atoms with van der Waals surface area (Å²) in [6.45, 7) is 5.17. The number of nitrogens with one attached hydrogen (secondary N) is 1. The summed E-state index contributed by atoms with van der Waals surface area (Å²) in [6.07, 6.45) is 7.59. The van der Waals surface area contributed by atoms with Crippen LogP contribution >= 0.6 is 0 Å². The molecule has 3 aliphatic rings. The first-order valence-corrected chi connectivity index (χ1v) is 10.0. The van der Waals surface area contributed by atoms with E-state index in [1.807, 2.05) is 0 Å². The van der Waals surface area contributed by atoms with Gasteiger partial charge in [0.15, 0.2) is 0 Å². The zero-order valence-electron chi connectivity index (χ0n) is 15.7. The second-order valence-electron chi connectivity index (χ2n) is 8.56. The fourth-order valence-electron chi connectivity index (χ4n) is 5.00. The summed E-state index contributed by atoms with van der Waals surface area (Å²) in [6, 6.07) is 12.0. The molecular weight excluding hydrogens is 324 g/mol. The lowest BCUT2D eigenvalue weighted by atomic mass is 9.60. The van der Waals surface area contributed by atoms with Gasteiger partial charge < -0.3 is 15.3 Å². The SMILES string of the molecule is CC/C(=C\c1ccccc1)[C@@H]1C[C@H]1NC1CC2(C1)CN(CCC(=O)O)C2. The molecule has 26 heavy (non-hydrogen) atoms. The summed E-state index contributed by atoms with van der Waals surface area (Å²) in [5.41, 5.74) is 3.38. The Labute approximate surface area is 156 Å². The van der Waals surface area contributed by atoms with Crippen LogP contribution < -0.4 is 5.32 Å². The van der Waals surface area contributed by atoms with Gasteiger partial charge in [-0.2, -0.15) is 0 Å². The Hall–Kier alpha value is -1.65. The molecule has 4 nitrogen and oxygen atoms in total. The molecule has 2 N–H and O–H groups in total. The van der Waals surface area contributed by atoms with E-state index in [0.717, 1.165) is 19.5 Å². The highest BCUT2D eigenvalue weighted by Gasteiger charge is 2.53. The van der Waals surface area contributed by atoms with Crippen LogP contribution in [0.5, 0.6) is 0 Å². The molecule has 1 spiro atoms. The molecular formula is C22H30N2O2. The molecule has 140 valence electrons. The molecule has 2 atom stereocenters. The number of carboxylic acids is 1. The van der Waals surface area contributed by atoms with Crippen molar-refractivity contribution in [3.63, 3.8) is 0 Å². The molecule has 0 unspecified atom stereocenters. The lowest BCUT2D eigenvalue weighted by Gasteiger charge is -2.59. The third kappa shape index (κ3) is 3.86. The van der Waals surface area contributed by atoms with Gasteiger partial charge in [-0.25, -0.2) is 0 Å². The number of nitrogens with zero attached hydrogens (tertiary/aromatic N) is 1. The van der Waals surface area contributed by atoms with Gasteiger partial charge in [0.05, 0.1) is 6.42 Å². The molecule has 3 fully saturated rings. The van der Waals surface area contributed by atoms with E-state index in [9.17, 15) is 4.79 Å². The maximum atomic E-state index is 10.7. The third-order valence-electron chi connectivity index (χ3n) is 6.40. The predicted octanol–water partition coefficient (Wildman–Crippen LogP) is 3.40. The maximum Gasteiger partial charge on any atom is 0.304 e. The summed E-state index contributed by atoms with van der Waals surface area (Å²) < 4.78 is 0. The van der Waals surface area contributed by atoms with Crippen LogP contribution in [-0.2, 0) is 4.79 Å². The monoisotopic (exact) mass is 354 g/mol. The van der Waals surface area contributed by atoms with Crippen LogP contribution in [0.15, 0.2) is 35.9 Å². The average molecular weight is 354 g/mol. The van der Waals surface area contributed by atoms with E-state index in [0.29, 0.717) is 30.0 Å². The average Bonchev–Trinajstić information content (AvgIpc) is 3.32. The fourth-order valence-corrected chi connectivity index (χ4v) is 5.00. The van der Waals surface area contributed by atoms with E-state index >= 15 is 0 Å². The Morgan fingerprint density at radius 1 is 1.31 bits per heavy atom. The Morgan fingerprint density at radius 3 is 2.69 bits per heavy atom. The molecule has 0 radical (unpaired) electrons. The third-order valence-corrected chi connectivity index (χ3v) is 6.40. The number of carbonyl (C=O) groups is 1. The van der Waals surface area contributed by atoms with Crippen LogP contribution in [0.2, 0.25) is 0 Å². The van der Waals surface area contributed by atoms with Crippen molar-refractivity contribution in [2.24, 2.45) is 11.3 Å². The summed E-state index contributed by atoms with van der Waals surface area (Å²) >= 11 is 0. The van der Waals surface area contributed by atoms with Crippen LogP contribution in [-0.4, -0.2) is 47.7 Å². The first-order valence-electron chi connectivity index (χ1n) is 10.0. The topological polar surface area (TPSA) is 52.6 Å². The van der Waals surface area contributed by atoms with Gasteiger partial charge in [-0.15, -0.1) is 0 Å². The summed E-state index contributed by atoms with van der Waals surface area (Å²) in [5.74, 6) is 0.0272. The van der Waals surface area contributed by atoms with Crippen molar-refractivity contribution in [3.8, 4) is 0 Å². The molecule has 1 saturated heterocycles. The molecule has 0 bridgehead atoms. The van der Waals surface area contributed by atoms with Crippen molar-refractivity contribution in [1.82, 2.24) is 10.2 Å². The van der Waals surface area contributed by atoms with Crippen LogP contribution in [0.4, 0.5) is 0 Å². The summed E-state index contributed by atoms with van der Waals surface area (Å²) in [7, 11) is 0. The van der Waals surface area contributed by atoms with Crippen LogP contribution in [0.3, 0.4) is 0 Å². The Morgan fingerprint density at radius 2 is 2.04 bits per heavy atom. The lowest BCUT2D eigenvalue weighted by molar-refractivity contribution is -0.139. The Balaban J connectivity index is 1.20. The molecule has 4 heteroatoms. The largest absolute Gasteiger partial charge is 0.481 e. The molecule has 2 aliphatic carbocycles. The van der Waals surface area contributed by atoms with E-state index in [-0.39, 0.29) is 6.42 Å². The standard InChI is InChI=1S/C22H30N2O2/c1-2-17(10-16-6-4-3-5-7-16)19-11-20(19)23-18-12-22(13-18)14-24(15-22)9-8-21(25)26/h3-7,10,18-20,23H,2,8-9,11-15H2,1H3,(H,25,26)/b17-10+/t19-,20+/m0/s1. The minimum atomic E-state index is -0.686. The highest BCUT2D eigenvalue weighted by atomic mass is 16.4. The maximum absolute atomic E-state index is 10.7. The van der Waals surface area contributed by atoms with E-state index < -0.39 is 5.97 Å². The van der Waals surface area contributed by atoms with Crippen LogP contribution in [0.25, 0.3) is 6.08 Å². The first kappa shape index (κ1) is 17.7. The van der Waals surface area contributed by atoms with Gasteiger partial charge in [0.1, 0.15) is 0 Å². The zero-order valence-corrected chi connectivity index (χ0v) is 15.7. The van der Waals surface area contributed by atoms with E-state index in [1.54, 1.807) is 5.57 Å². The Kier molecular flexibility index (Phi) is 4.89. The van der Waals surface area contributed by atoms with Gasteiger partial charge in [0, 0.05) is 31.7 Å². The Bertz CT molecular complexity index is 671. The predicted molar refractivity (Wildman–Crippen MR) is 104 cm³/mol. The minimum Gasteiger partial charge on any atom is -0.481 e. The highest BCUT2D eigenvalue weighted by molar-refractivity contribution is 5.66. The summed E-state index contributed by atoms with van der Waals surface area (Å²) in [4.78, 5) is 12.9. The van der Waals surface area contributed by atoms with Gasteiger partial charge in [0.2, 0.25) is 0 Å². The van der Waals surface area contributed by atoms with E-state index in [1.165, 1.54) is 24.8 Å². The van der Waals surface area contributed by atoms with Gasteiger partial charge >= 0.3 is 5.97 Å². The number of rotatable bonds is 8. The number of hydrogen-bond acceptors (Lipinski definition) is 3. The number of hydrogen-bond donors (Lipinski definition) is 2. The number of carboxylic acid groups (broad SMARTS) is 1. The van der Waals surface area contributed by atoms with Crippen molar-refractivity contribution in [1.29, 1.82) is 0 Å². The molecule has 4 rings (SSSR count). The molecule has 2 saturated carbocycles. The van der Waals surface area contributed by atoms with Crippen molar-refractivity contribution >= 4 is 12.0 Å². The smallest absolute Gasteiger partial charge is 0.304 e. The van der Waals surface area contributed by atoms with E-state index in [4.69, 9.17) is 5.11 Å². The molecule has 0 aromatic heterocycles. The van der Waals surface area contributed by atoms with E-state index in [2.05, 4.69) is 53.5 Å². The quantitative estimate of drug-likeness (QED) is 0.751. The second kappa shape index (κ2) is 7.16. The van der Waals surface area contributed by atoms with Gasteiger partial charge in [-0.1, -0.05) is 48.9 Å². The number of likely N-dealkylation sites (tertiary alicyclic amines) is 1. The minimum absolute atomic E-state index is 0.273. The first-order chi connectivity index (χ1) is 12.6. The van der Waals surface area contributed by atoms with Crippen LogP contribution in [0.1, 0.15) is 44.6 Å². The highest BCUT2D eigenvalue weighted by Crippen LogP contribution is 2.50. The van der Waals surface area contributed by atoms with Gasteiger partial charge in [-0.05, 0) is 42.6 Å². The van der Waals surface area contributed by atoms with Crippen molar-refractivity contribution in [3.05, 3.63) is 41.5 Å². The molecule has 1 aromatic carbocycles. The fraction of sp³-hybridized carbons (Fsp3) is 0.591. The normalized spacial score (nSPS) is 27.8. The van der Waals surface area contributed by atoms with Crippen molar-refractivity contribution in [2.45, 2.75) is 51.1 Å². The number of benzene rings is 1. The molecule has 0 amide bonds. The lowest BCUT2D eigenvalue weighted by Crippen LogP contribution is -2.66. The number of aliphatic carboxylic acids is 1. The summed E-state index contributed by atoms with van der Waals surface area (Å²) in [5, 5.41) is 12.6. The molecule has 1 heterocycles. The van der Waals surface area contributed by atoms with Gasteiger partial charge in [0.25, 0.3) is 0 Å². The van der Waals surface area contributed by atoms with Gasteiger partial charge in [-0.3, -0.25) is 4.79 Å². The molecule has 1 aromatic rings.